The van der Waals surface area contributed by atoms with Crippen molar-refractivity contribution in [3.05, 3.63) is 36.4 Å². The lowest BCUT2D eigenvalue weighted by Crippen LogP contribution is -2.40. The molecule has 1 heterocycles. The van der Waals surface area contributed by atoms with Gasteiger partial charge in [-0.3, -0.25) is 9.59 Å². The highest BCUT2D eigenvalue weighted by atomic mass is 16.3. The number of nitrogens with zero attached hydrogens (tertiary/aromatic N) is 1. The monoisotopic (exact) mass is 281 g/mol. The fraction of sp³-hybridized carbons (Fsp3) is 0.412. The van der Waals surface area contributed by atoms with Crippen LogP contribution in [0.4, 0.5) is 5.69 Å². The van der Waals surface area contributed by atoms with Crippen molar-refractivity contribution in [2.45, 2.75) is 6.42 Å². The maximum absolute atomic E-state index is 12.8. The van der Waals surface area contributed by atoms with Crippen LogP contribution in [0.15, 0.2) is 36.4 Å². The largest absolute Gasteiger partial charge is 0.508 e. The number of allylic oxidation sites excluding steroid dienone is 2. The fourth-order valence-corrected chi connectivity index (χ4v) is 4.84. The van der Waals surface area contributed by atoms with Gasteiger partial charge in [0, 0.05) is 6.07 Å². The lowest BCUT2D eigenvalue weighted by molar-refractivity contribution is -0.124. The van der Waals surface area contributed by atoms with Crippen LogP contribution in [0.3, 0.4) is 0 Å². The number of anilines is 1. The van der Waals surface area contributed by atoms with Crippen LogP contribution in [-0.2, 0) is 9.59 Å². The molecule has 6 atom stereocenters. The zero-order chi connectivity index (χ0) is 14.3. The molecule has 5 aliphatic rings. The van der Waals surface area contributed by atoms with E-state index in [0.29, 0.717) is 17.5 Å². The van der Waals surface area contributed by atoms with Crippen LogP contribution in [0, 0.1) is 35.5 Å². The molecule has 0 radical (unpaired) electrons. The van der Waals surface area contributed by atoms with Crippen molar-refractivity contribution in [3.63, 3.8) is 0 Å². The first-order chi connectivity index (χ1) is 10.2. The van der Waals surface area contributed by atoms with Gasteiger partial charge in [0.05, 0.1) is 17.5 Å². The lowest BCUT2D eigenvalue weighted by Gasteiger charge is -2.37. The first-order valence-corrected chi connectivity index (χ1v) is 7.52. The van der Waals surface area contributed by atoms with E-state index in [1.54, 1.807) is 18.2 Å². The van der Waals surface area contributed by atoms with Crippen molar-refractivity contribution in [1.82, 2.24) is 0 Å². The number of hydrogen-bond acceptors (Lipinski definition) is 3. The zero-order valence-electron chi connectivity index (χ0n) is 11.3. The molecule has 3 fully saturated rings. The van der Waals surface area contributed by atoms with E-state index in [1.165, 1.54) is 17.4 Å². The molecule has 2 amide bonds. The topological polar surface area (TPSA) is 57.6 Å². The van der Waals surface area contributed by atoms with Crippen LogP contribution >= 0.6 is 0 Å². The minimum absolute atomic E-state index is 0.0758. The molecule has 1 N–H and O–H groups in total. The van der Waals surface area contributed by atoms with Gasteiger partial charge in [0.1, 0.15) is 5.75 Å². The average molecular weight is 281 g/mol. The Morgan fingerprint density at radius 3 is 2.19 bits per heavy atom. The second-order valence-electron chi connectivity index (χ2n) is 6.69. The number of hydrogen-bond donors (Lipinski definition) is 1. The summed E-state index contributed by atoms with van der Waals surface area (Å²) in [6, 6.07) is 6.41. The van der Waals surface area contributed by atoms with Gasteiger partial charge in [0.25, 0.3) is 0 Å². The van der Waals surface area contributed by atoms with Gasteiger partial charge in [-0.25, -0.2) is 4.90 Å². The summed E-state index contributed by atoms with van der Waals surface area (Å²) in [6.07, 6.45) is 5.50. The van der Waals surface area contributed by atoms with Crippen molar-refractivity contribution < 1.29 is 14.7 Å². The Hall–Kier alpha value is -2.10. The number of phenols is 1. The lowest BCUT2D eigenvalue weighted by atomic mass is 9.63. The Morgan fingerprint density at radius 1 is 1.00 bits per heavy atom. The molecule has 6 rings (SSSR count). The van der Waals surface area contributed by atoms with E-state index in [-0.39, 0.29) is 41.2 Å². The van der Waals surface area contributed by atoms with Crippen molar-refractivity contribution in [1.29, 1.82) is 0 Å². The minimum atomic E-state index is -0.182. The molecule has 2 saturated carbocycles. The standard InChI is InChI=1S/C17H15NO3/c19-9-3-1-2-8(6-9)18-16(20)14-10-4-5-11(13-7-12(10)13)15(14)17(18)21/h1-6,10-15,19H,7H2/t10-,11-,12-,13-,14-,15-/m1/s1. The van der Waals surface area contributed by atoms with Crippen LogP contribution in [-0.4, -0.2) is 16.9 Å². The summed E-state index contributed by atoms with van der Waals surface area (Å²) in [5.74, 6) is 1.25. The van der Waals surface area contributed by atoms with Gasteiger partial charge in [-0.05, 0) is 42.2 Å². The Balaban J connectivity index is 1.60. The first-order valence-electron chi connectivity index (χ1n) is 7.52. The van der Waals surface area contributed by atoms with Gasteiger partial charge in [0.2, 0.25) is 11.8 Å². The number of benzene rings is 1. The highest BCUT2D eigenvalue weighted by Gasteiger charge is 2.67. The van der Waals surface area contributed by atoms with Crippen LogP contribution in [0.2, 0.25) is 0 Å². The van der Waals surface area contributed by atoms with E-state index < -0.39 is 0 Å². The molecular formula is C17H15NO3. The van der Waals surface area contributed by atoms with Gasteiger partial charge in [0.15, 0.2) is 0 Å². The van der Waals surface area contributed by atoms with E-state index in [4.69, 9.17) is 0 Å². The summed E-state index contributed by atoms with van der Waals surface area (Å²) in [7, 11) is 0. The summed E-state index contributed by atoms with van der Waals surface area (Å²) in [5, 5.41) is 9.61. The molecule has 21 heavy (non-hydrogen) atoms. The number of phenolic OH excluding ortho intramolecular Hbond substituents is 1. The number of amides is 2. The minimum Gasteiger partial charge on any atom is -0.508 e. The van der Waals surface area contributed by atoms with Crippen molar-refractivity contribution in [2.24, 2.45) is 35.5 Å². The van der Waals surface area contributed by atoms with Crippen molar-refractivity contribution in [2.75, 3.05) is 4.90 Å². The van der Waals surface area contributed by atoms with Gasteiger partial charge in [-0.2, -0.15) is 0 Å². The van der Waals surface area contributed by atoms with E-state index in [1.807, 2.05) is 0 Å². The highest BCUT2D eigenvalue weighted by molar-refractivity contribution is 6.22. The third kappa shape index (κ3) is 1.30. The average Bonchev–Trinajstić information content (AvgIpc) is 3.24. The number of carbonyl (C=O) groups excluding carboxylic acids is 2. The summed E-state index contributed by atoms with van der Waals surface area (Å²) < 4.78 is 0. The van der Waals surface area contributed by atoms with Gasteiger partial charge in [-0.1, -0.05) is 18.2 Å². The number of carbonyl (C=O) groups is 2. The second-order valence-corrected chi connectivity index (χ2v) is 6.69. The quantitative estimate of drug-likeness (QED) is 0.632. The molecule has 1 aromatic carbocycles. The van der Waals surface area contributed by atoms with Crippen LogP contribution in [0.1, 0.15) is 6.42 Å². The Morgan fingerprint density at radius 2 is 1.62 bits per heavy atom. The third-order valence-electron chi connectivity index (χ3n) is 5.75. The van der Waals surface area contributed by atoms with E-state index in [2.05, 4.69) is 12.2 Å². The Bertz CT molecular complexity index is 674. The molecule has 0 spiro atoms. The van der Waals surface area contributed by atoms with Crippen molar-refractivity contribution >= 4 is 17.5 Å². The number of aromatic hydroxyl groups is 1. The number of imide groups is 1. The van der Waals surface area contributed by atoms with Crippen LogP contribution in [0.5, 0.6) is 5.75 Å². The van der Waals surface area contributed by atoms with E-state index in [9.17, 15) is 14.7 Å². The Labute approximate surface area is 122 Å². The van der Waals surface area contributed by atoms with E-state index in [0.717, 1.165) is 0 Å². The predicted octanol–water partition coefficient (Wildman–Crippen LogP) is 1.95. The molecule has 4 nitrogen and oxygen atoms in total. The summed E-state index contributed by atoms with van der Waals surface area (Å²) in [6.45, 7) is 0. The molecule has 1 saturated heterocycles. The predicted molar refractivity (Wildman–Crippen MR) is 75.3 cm³/mol. The first kappa shape index (κ1) is 11.5. The molecule has 1 aromatic rings. The van der Waals surface area contributed by atoms with Crippen LogP contribution in [0.25, 0.3) is 0 Å². The number of rotatable bonds is 1. The molecule has 4 heteroatoms. The SMILES string of the molecule is O=C1[C@@H]2[C@@H]3C=C[C@H]([C@H]4C[C@H]34)[C@H]2C(=O)N1c1cccc(O)c1. The molecule has 1 aliphatic heterocycles. The summed E-state index contributed by atoms with van der Waals surface area (Å²) in [5.41, 5.74) is 0.493. The molecule has 4 aliphatic carbocycles. The van der Waals surface area contributed by atoms with Crippen molar-refractivity contribution in [3.8, 4) is 5.75 Å². The van der Waals surface area contributed by atoms with Crippen LogP contribution < -0.4 is 4.90 Å². The van der Waals surface area contributed by atoms with E-state index >= 15 is 0 Å². The fourth-order valence-electron chi connectivity index (χ4n) is 4.84. The molecule has 2 bridgehead atoms. The zero-order valence-corrected chi connectivity index (χ0v) is 11.3. The maximum Gasteiger partial charge on any atom is 0.238 e. The third-order valence-corrected chi connectivity index (χ3v) is 5.75. The molecule has 0 unspecified atom stereocenters. The molecular weight excluding hydrogens is 266 g/mol. The summed E-state index contributed by atoms with van der Waals surface area (Å²) in [4.78, 5) is 26.9. The maximum atomic E-state index is 12.8. The highest BCUT2D eigenvalue weighted by Crippen LogP contribution is 2.65. The smallest absolute Gasteiger partial charge is 0.238 e. The second kappa shape index (κ2) is 3.56. The Kier molecular flexibility index (Phi) is 1.96. The summed E-state index contributed by atoms with van der Waals surface area (Å²) >= 11 is 0. The normalized spacial score (nSPS) is 42.2. The van der Waals surface area contributed by atoms with Gasteiger partial charge in [-0.15, -0.1) is 0 Å². The molecule has 106 valence electrons. The molecule has 0 aromatic heterocycles. The van der Waals surface area contributed by atoms with Gasteiger partial charge >= 0.3 is 0 Å². The van der Waals surface area contributed by atoms with Gasteiger partial charge < -0.3 is 5.11 Å².